The van der Waals surface area contributed by atoms with Crippen LogP contribution in [-0.2, 0) is 6.18 Å². The highest BCUT2D eigenvalue weighted by molar-refractivity contribution is 5.36. The minimum absolute atomic E-state index is 0.539. The molecule has 0 aliphatic rings. The largest absolute Gasteiger partial charge is 0.584 e. The van der Waals surface area contributed by atoms with Crippen LogP contribution in [0.25, 0.3) is 0 Å². The van der Waals surface area contributed by atoms with Crippen molar-refractivity contribution >= 4 is 0 Å². The Bertz CT molecular complexity index is 304. The molecule has 0 amide bonds. The summed E-state index contributed by atoms with van der Waals surface area (Å²) in [4.78, 5) is 0. The summed E-state index contributed by atoms with van der Waals surface area (Å²) in [5, 5.41) is 0. The van der Waals surface area contributed by atoms with Crippen molar-refractivity contribution in [2.75, 3.05) is 7.11 Å². The number of hydrogen-bond acceptors (Lipinski definition) is 0. The van der Waals surface area contributed by atoms with Gasteiger partial charge in [-0.25, -0.2) is 0 Å². The molecule has 0 bridgehead atoms. The van der Waals surface area contributed by atoms with Crippen LogP contribution in [0.2, 0.25) is 0 Å². The summed E-state index contributed by atoms with van der Waals surface area (Å²) >= 11 is 0. The van der Waals surface area contributed by atoms with E-state index in [9.17, 15) is 13.2 Å². The van der Waals surface area contributed by atoms with Gasteiger partial charge in [-0.05, 0) is 19.1 Å². The fraction of sp³-hybridized carbons (Fsp3) is 0.333. The number of alkyl halides is 3. The number of hydrogen-bond donors (Lipinski definition) is 0. The Kier molecular flexibility index (Phi) is 2.50. The second-order valence-electron chi connectivity index (χ2n) is 2.72. The van der Waals surface area contributed by atoms with Crippen molar-refractivity contribution in [1.29, 1.82) is 0 Å². The third-order valence-corrected chi connectivity index (χ3v) is 1.77. The van der Waals surface area contributed by atoms with Crippen LogP contribution in [0.1, 0.15) is 11.1 Å². The monoisotopic (exact) mass is 191 g/mol. The van der Waals surface area contributed by atoms with Gasteiger partial charge in [0.2, 0.25) is 0 Å². The first-order valence-corrected chi connectivity index (χ1v) is 3.73. The molecule has 1 aromatic carbocycles. The van der Waals surface area contributed by atoms with Crippen molar-refractivity contribution in [2.24, 2.45) is 0 Å². The second-order valence-corrected chi connectivity index (χ2v) is 2.72. The van der Waals surface area contributed by atoms with E-state index in [1.165, 1.54) is 6.07 Å². The molecule has 4 heteroatoms. The molecule has 0 radical (unpaired) electrons. The van der Waals surface area contributed by atoms with Gasteiger partial charge in [0.25, 0.3) is 5.75 Å². The van der Waals surface area contributed by atoms with Gasteiger partial charge in [0.05, 0.1) is 5.56 Å². The molecule has 1 rings (SSSR count). The van der Waals surface area contributed by atoms with Gasteiger partial charge in [0, 0.05) is 11.6 Å². The average Bonchev–Trinajstić information content (AvgIpc) is 2.02. The predicted molar refractivity (Wildman–Crippen MR) is 43.8 cm³/mol. The second kappa shape index (κ2) is 3.28. The first-order valence-electron chi connectivity index (χ1n) is 3.73. The molecule has 1 aromatic rings. The lowest BCUT2D eigenvalue weighted by Gasteiger charge is -2.08. The maximum Gasteiger partial charge on any atom is 0.416 e. The summed E-state index contributed by atoms with van der Waals surface area (Å²) < 4.78 is 40.3. The molecule has 0 aromatic heterocycles. The molecular weight excluding hydrogens is 181 g/mol. The van der Waals surface area contributed by atoms with Gasteiger partial charge in [0.1, 0.15) is 0 Å². The zero-order valence-corrected chi connectivity index (χ0v) is 7.31. The molecule has 0 unspecified atom stereocenters. The molecule has 1 nitrogen and oxygen atoms in total. The van der Waals surface area contributed by atoms with Crippen LogP contribution in [-0.4, -0.2) is 11.8 Å². The molecule has 0 atom stereocenters. The molecule has 13 heavy (non-hydrogen) atoms. The van der Waals surface area contributed by atoms with E-state index >= 15 is 0 Å². The maximum atomic E-state index is 12.2. The molecule has 0 saturated carbocycles. The Labute approximate surface area is 74.1 Å². The zero-order valence-electron chi connectivity index (χ0n) is 7.31. The van der Waals surface area contributed by atoms with Crippen LogP contribution in [0.5, 0.6) is 5.75 Å². The summed E-state index contributed by atoms with van der Waals surface area (Å²) in [7, 11) is 1.55. The number of aliphatic hydroxyl groups is 1. The van der Waals surface area contributed by atoms with E-state index in [1.54, 1.807) is 14.0 Å². The lowest BCUT2D eigenvalue weighted by molar-refractivity contribution is -0.137. The van der Waals surface area contributed by atoms with Crippen molar-refractivity contribution in [1.82, 2.24) is 0 Å². The van der Waals surface area contributed by atoms with Gasteiger partial charge in [0.15, 0.2) is 7.11 Å². The highest BCUT2D eigenvalue weighted by Crippen LogP contribution is 2.32. The minimum Gasteiger partial charge on any atom is -0.584 e. The normalized spacial score (nSPS) is 11.5. The number of halogens is 3. The first kappa shape index (κ1) is 9.89. The van der Waals surface area contributed by atoms with Crippen molar-refractivity contribution < 1.29 is 17.9 Å². The standard InChI is InChI=1S/C9H9F3O/c1-6-5-7(9(10,11)12)3-4-8(6)13-2/h3-5H,1-2H3/p+1. The van der Waals surface area contributed by atoms with Crippen LogP contribution in [0, 0.1) is 6.92 Å². The first-order chi connectivity index (χ1) is 5.95. The number of aryl methyl sites for hydroxylation is 1. The van der Waals surface area contributed by atoms with E-state index < -0.39 is 11.7 Å². The van der Waals surface area contributed by atoms with Crippen LogP contribution in [0.4, 0.5) is 13.2 Å². The van der Waals surface area contributed by atoms with Crippen LogP contribution >= 0.6 is 0 Å². The lowest BCUT2D eigenvalue weighted by atomic mass is 10.1. The van der Waals surface area contributed by atoms with E-state index in [0.29, 0.717) is 11.3 Å². The number of aromatic hydroxyl groups is 1. The molecule has 0 aliphatic carbocycles. The van der Waals surface area contributed by atoms with Crippen LogP contribution < -0.4 is 0 Å². The molecule has 0 spiro atoms. The number of ether oxygens (including phenoxy) is 1. The smallest absolute Gasteiger partial charge is 0.416 e. The summed E-state index contributed by atoms with van der Waals surface area (Å²) in [6, 6.07) is 3.51. The summed E-state index contributed by atoms with van der Waals surface area (Å²) in [6.45, 7) is 1.61. The Balaban J connectivity index is 3.10. The van der Waals surface area contributed by atoms with Gasteiger partial charge < -0.3 is 4.74 Å². The lowest BCUT2D eigenvalue weighted by Crippen LogP contribution is -2.04. The fourth-order valence-electron chi connectivity index (χ4n) is 1.08. The van der Waals surface area contributed by atoms with Crippen molar-refractivity contribution in [2.45, 2.75) is 13.1 Å². The third-order valence-electron chi connectivity index (χ3n) is 1.77. The molecule has 0 saturated heterocycles. The quantitative estimate of drug-likeness (QED) is 0.605. The Hall–Kier alpha value is -1.19. The van der Waals surface area contributed by atoms with Crippen LogP contribution in [0.3, 0.4) is 0 Å². The van der Waals surface area contributed by atoms with Gasteiger partial charge >= 0.3 is 6.18 Å². The van der Waals surface area contributed by atoms with Gasteiger partial charge in [-0.15, -0.1) is 0 Å². The molecule has 1 N–H and O–H groups in total. The maximum absolute atomic E-state index is 12.2. The topological polar surface area (TPSA) is 12.8 Å². The molecule has 0 fully saturated rings. The van der Waals surface area contributed by atoms with Crippen molar-refractivity contribution in [3.63, 3.8) is 0 Å². The van der Waals surface area contributed by atoms with E-state index in [1.807, 2.05) is 0 Å². The van der Waals surface area contributed by atoms with Gasteiger partial charge in [-0.3, -0.25) is 0 Å². The minimum atomic E-state index is -4.27. The Morgan fingerprint density at radius 2 is 1.85 bits per heavy atom. The molecule has 0 heterocycles. The van der Waals surface area contributed by atoms with Gasteiger partial charge in [-0.2, -0.15) is 13.2 Å². The van der Waals surface area contributed by atoms with Crippen molar-refractivity contribution in [3.05, 3.63) is 29.3 Å². The zero-order chi connectivity index (χ0) is 10.1. The van der Waals surface area contributed by atoms with Crippen LogP contribution in [0.15, 0.2) is 18.2 Å². The summed E-state index contributed by atoms with van der Waals surface area (Å²) in [5.74, 6) is 0.591. The average molecular weight is 191 g/mol. The molecule has 0 aliphatic heterocycles. The van der Waals surface area contributed by atoms with E-state index in [-0.39, 0.29) is 0 Å². The summed E-state index contributed by atoms with van der Waals surface area (Å²) in [5.41, 5.74) is -0.0882. The van der Waals surface area contributed by atoms with Crippen molar-refractivity contribution in [3.8, 4) is 5.75 Å². The highest BCUT2D eigenvalue weighted by atomic mass is 19.4. The molecule has 72 valence electrons. The molecular formula is C9H10F3O+. The SMILES string of the molecule is C[OH+]c1ccc(C(F)(F)F)cc1C. The Morgan fingerprint density at radius 3 is 2.23 bits per heavy atom. The predicted octanol–water partition coefficient (Wildman–Crippen LogP) is 2.88. The van der Waals surface area contributed by atoms with Gasteiger partial charge in [-0.1, -0.05) is 0 Å². The Morgan fingerprint density at radius 1 is 1.23 bits per heavy atom. The van der Waals surface area contributed by atoms with E-state index in [0.717, 1.165) is 12.1 Å². The highest BCUT2D eigenvalue weighted by Gasteiger charge is 2.31. The fourth-order valence-corrected chi connectivity index (χ4v) is 1.08. The third kappa shape index (κ3) is 2.14. The van der Waals surface area contributed by atoms with E-state index in [4.69, 9.17) is 0 Å². The number of benzene rings is 1. The summed E-state index contributed by atoms with van der Waals surface area (Å²) in [6.07, 6.45) is -4.27. The number of rotatable bonds is 1. The van der Waals surface area contributed by atoms with E-state index in [2.05, 4.69) is 4.74 Å².